The van der Waals surface area contributed by atoms with Crippen LogP contribution >= 0.6 is 0 Å². The lowest BCUT2D eigenvalue weighted by molar-refractivity contribution is -0.136. The van der Waals surface area contributed by atoms with Crippen molar-refractivity contribution in [3.8, 4) is 6.07 Å². The summed E-state index contributed by atoms with van der Waals surface area (Å²) in [6, 6.07) is 10.8. The van der Waals surface area contributed by atoms with Gasteiger partial charge < -0.3 is 25.1 Å². The van der Waals surface area contributed by atoms with E-state index in [2.05, 4.69) is 16.0 Å². The highest BCUT2D eigenvalue weighted by Crippen LogP contribution is 2.13. The van der Waals surface area contributed by atoms with E-state index >= 15 is 0 Å². The lowest BCUT2D eigenvalue weighted by Gasteiger charge is -2.07. The van der Waals surface area contributed by atoms with E-state index in [1.807, 2.05) is 19.9 Å². The predicted molar refractivity (Wildman–Crippen MR) is 123 cm³/mol. The normalized spacial score (nSPS) is 10.9. The fourth-order valence-electron chi connectivity index (χ4n) is 2.59. The molecule has 0 aliphatic carbocycles. The van der Waals surface area contributed by atoms with Gasteiger partial charge >= 0.3 is 17.8 Å². The Labute approximate surface area is 197 Å². The van der Waals surface area contributed by atoms with Crippen LogP contribution in [-0.4, -0.2) is 36.8 Å². The Morgan fingerprint density at radius 3 is 2.35 bits per heavy atom. The average Bonchev–Trinajstić information content (AvgIpc) is 3.27. The van der Waals surface area contributed by atoms with Crippen LogP contribution in [0.4, 0.5) is 5.69 Å². The summed E-state index contributed by atoms with van der Waals surface area (Å²) < 4.78 is 10.4. The summed E-state index contributed by atoms with van der Waals surface area (Å²) in [5.74, 6) is -1.96. The minimum atomic E-state index is -0.899. The number of ether oxygens (including phenoxy) is 1. The molecule has 2 rings (SSSR count). The van der Waals surface area contributed by atoms with Crippen LogP contribution in [0.15, 0.2) is 46.4 Å². The molecular weight excluding hydrogens is 440 g/mol. The van der Waals surface area contributed by atoms with Gasteiger partial charge in [-0.05, 0) is 49.2 Å². The fourth-order valence-corrected chi connectivity index (χ4v) is 2.59. The lowest BCUT2D eigenvalue weighted by atomic mass is 10.2. The molecule has 0 unspecified atom stereocenters. The topological polar surface area (TPSA) is 151 Å². The van der Waals surface area contributed by atoms with Crippen molar-refractivity contribution in [1.29, 1.82) is 5.26 Å². The highest BCUT2D eigenvalue weighted by molar-refractivity contribution is 6.39. The molecule has 1 aromatic heterocycles. The summed E-state index contributed by atoms with van der Waals surface area (Å²) in [7, 11) is 0. The highest BCUT2D eigenvalue weighted by Gasteiger charge is 2.15. The van der Waals surface area contributed by atoms with Crippen LogP contribution in [0.5, 0.6) is 0 Å². The molecule has 34 heavy (non-hydrogen) atoms. The molecule has 0 aliphatic heterocycles. The molecule has 2 aromatic rings. The van der Waals surface area contributed by atoms with Crippen molar-refractivity contribution in [1.82, 2.24) is 10.6 Å². The molecule has 10 nitrogen and oxygen atoms in total. The molecule has 0 atom stereocenters. The number of hydrogen-bond acceptors (Lipinski definition) is 7. The summed E-state index contributed by atoms with van der Waals surface area (Å²) in [5.41, 5.74) is 0.543. The zero-order chi connectivity index (χ0) is 25.1. The maximum absolute atomic E-state index is 12.1. The van der Waals surface area contributed by atoms with Gasteiger partial charge in [-0.2, -0.15) is 5.26 Å². The molecule has 1 heterocycles. The minimum Gasteiger partial charge on any atom is -0.462 e. The summed E-state index contributed by atoms with van der Waals surface area (Å²) in [4.78, 5) is 47.9. The van der Waals surface area contributed by atoms with Gasteiger partial charge in [-0.3, -0.25) is 14.4 Å². The monoisotopic (exact) mass is 466 g/mol. The Kier molecular flexibility index (Phi) is 9.58. The molecule has 0 saturated carbocycles. The predicted octanol–water partition coefficient (Wildman–Crippen LogP) is 2.39. The molecular formula is C24H26N4O6. The number of nitriles is 1. The van der Waals surface area contributed by atoms with Crippen molar-refractivity contribution < 1.29 is 28.3 Å². The van der Waals surface area contributed by atoms with Gasteiger partial charge in [0, 0.05) is 18.3 Å². The number of hydrogen-bond donors (Lipinski definition) is 3. The summed E-state index contributed by atoms with van der Waals surface area (Å²) in [6.45, 7) is 6.17. The zero-order valence-corrected chi connectivity index (χ0v) is 19.1. The number of carbonyl (C=O) groups is 4. The van der Waals surface area contributed by atoms with Crippen LogP contribution in [0.25, 0.3) is 6.08 Å². The maximum Gasteiger partial charge on any atom is 0.338 e. The number of nitrogens with zero attached hydrogens (tertiary/aromatic N) is 1. The van der Waals surface area contributed by atoms with E-state index in [0.717, 1.165) is 0 Å². The maximum atomic E-state index is 12.1. The van der Waals surface area contributed by atoms with Gasteiger partial charge in [-0.1, -0.05) is 13.8 Å². The minimum absolute atomic E-state index is 0.0800. The van der Waals surface area contributed by atoms with Crippen molar-refractivity contribution in [3.05, 3.63) is 59.1 Å². The number of furan rings is 1. The summed E-state index contributed by atoms with van der Waals surface area (Å²) >= 11 is 0. The quantitative estimate of drug-likeness (QED) is 0.222. The molecule has 0 spiro atoms. The Hall–Kier alpha value is -4.39. The van der Waals surface area contributed by atoms with E-state index in [1.165, 1.54) is 30.3 Å². The molecule has 10 heteroatoms. The number of carbonyl (C=O) groups excluding carboxylic acids is 4. The number of nitrogens with one attached hydrogen (secondary N) is 3. The number of esters is 1. The standard InChI is InChI=1S/C24H26N4O6/c1-4-33-24(32)16-5-7-18(8-6-16)28-23(31)22(30)27-14-20-10-9-19(34-20)11-17(12-25)21(29)26-13-15(2)3/h5-11,15H,4,13-14H2,1-3H3,(H,26,29)(H,27,30)(H,28,31)/b17-11-. The molecule has 178 valence electrons. The second kappa shape index (κ2) is 12.6. The van der Waals surface area contributed by atoms with Gasteiger partial charge in [0.1, 0.15) is 23.2 Å². The third-order valence-corrected chi connectivity index (χ3v) is 4.29. The number of rotatable bonds is 9. The van der Waals surface area contributed by atoms with E-state index in [0.29, 0.717) is 23.6 Å². The van der Waals surface area contributed by atoms with Crippen molar-refractivity contribution in [2.24, 2.45) is 5.92 Å². The van der Waals surface area contributed by atoms with E-state index in [1.54, 1.807) is 19.1 Å². The number of anilines is 1. The molecule has 0 aliphatic rings. The fraction of sp³-hybridized carbons (Fsp3) is 0.292. The number of amides is 3. The molecule has 3 amide bonds. The number of benzene rings is 1. The lowest BCUT2D eigenvalue weighted by Crippen LogP contribution is -2.34. The molecule has 0 fully saturated rings. The van der Waals surface area contributed by atoms with Gasteiger partial charge in [0.05, 0.1) is 18.7 Å². The van der Waals surface area contributed by atoms with Crippen LogP contribution in [-0.2, 0) is 25.7 Å². The van der Waals surface area contributed by atoms with Gasteiger partial charge in [0.2, 0.25) is 0 Å². The van der Waals surface area contributed by atoms with Crippen molar-refractivity contribution in [3.63, 3.8) is 0 Å². The molecule has 1 aromatic carbocycles. The van der Waals surface area contributed by atoms with E-state index < -0.39 is 23.7 Å². The summed E-state index contributed by atoms with van der Waals surface area (Å²) in [5, 5.41) is 16.7. The highest BCUT2D eigenvalue weighted by atomic mass is 16.5. The van der Waals surface area contributed by atoms with Gasteiger partial charge in [-0.15, -0.1) is 0 Å². The second-order valence-corrected chi connectivity index (χ2v) is 7.51. The van der Waals surface area contributed by atoms with E-state index in [-0.39, 0.29) is 30.4 Å². The van der Waals surface area contributed by atoms with Crippen molar-refractivity contribution in [2.75, 3.05) is 18.5 Å². The van der Waals surface area contributed by atoms with Crippen LogP contribution in [0.3, 0.4) is 0 Å². The summed E-state index contributed by atoms with van der Waals surface area (Å²) in [6.07, 6.45) is 1.30. The SMILES string of the molecule is CCOC(=O)c1ccc(NC(=O)C(=O)NCc2ccc(/C=C(/C#N)C(=O)NCC(C)C)o2)cc1. The first-order valence-corrected chi connectivity index (χ1v) is 10.6. The van der Waals surface area contributed by atoms with Gasteiger partial charge in [0.15, 0.2) is 0 Å². The Morgan fingerprint density at radius 2 is 1.74 bits per heavy atom. The average molecular weight is 466 g/mol. The Bertz CT molecular complexity index is 1110. The van der Waals surface area contributed by atoms with Crippen LogP contribution in [0.2, 0.25) is 0 Å². The van der Waals surface area contributed by atoms with E-state index in [4.69, 9.17) is 9.15 Å². The molecule has 3 N–H and O–H groups in total. The second-order valence-electron chi connectivity index (χ2n) is 7.51. The first kappa shape index (κ1) is 25.9. The van der Waals surface area contributed by atoms with Gasteiger partial charge in [-0.25, -0.2) is 4.79 Å². The Balaban J connectivity index is 1.89. The van der Waals surface area contributed by atoms with Crippen LogP contribution in [0.1, 0.15) is 42.6 Å². The third kappa shape index (κ3) is 7.94. The molecule has 0 radical (unpaired) electrons. The van der Waals surface area contributed by atoms with Gasteiger partial charge in [0.25, 0.3) is 5.91 Å². The molecule has 0 bridgehead atoms. The van der Waals surface area contributed by atoms with Crippen molar-refractivity contribution >= 4 is 35.5 Å². The first-order valence-electron chi connectivity index (χ1n) is 10.6. The largest absolute Gasteiger partial charge is 0.462 e. The van der Waals surface area contributed by atoms with Crippen molar-refractivity contribution in [2.45, 2.75) is 27.3 Å². The van der Waals surface area contributed by atoms with E-state index in [9.17, 15) is 24.4 Å². The third-order valence-electron chi connectivity index (χ3n) is 4.29. The first-order chi connectivity index (χ1) is 16.2. The molecule has 0 saturated heterocycles. The van der Waals surface area contributed by atoms with Crippen LogP contribution in [0, 0.1) is 17.2 Å². The smallest absolute Gasteiger partial charge is 0.338 e. The Morgan fingerprint density at radius 1 is 1.03 bits per heavy atom. The zero-order valence-electron chi connectivity index (χ0n) is 19.1. The van der Waals surface area contributed by atoms with Crippen LogP contribution < -0.4 is 16.0 Å².